The predicted molar refractivity (Wildman–Crippen MR) is 134 cm³/mol. The Labute approximate surface area is 198 Å². The van der Waals surface area contributed by atoms with E-state index >= 15 is 0 Å². The first-order valence-electron chi connectivity index (χ1n) is 10.1. The van der Waals surface area contributed by atoms with E-state index in [1.165, 1.54) is 11.8 Å². The number of para-hydroxylation sites is 2. The summed E-state index contributed by atoms with van der Waals surface area (Å²) >= 11 is 6.26. The van der Waals surface area contributed by atoms with Crippen LogP contribution in [0, 0.1) is 0 Å². The summed E-state index contributed by atoms with van der Waals surface area (Å²) in [7, 11) is 0. The van der Waals surface area contributed by atoms with E-state index in [4.69, 9.17) is 21.9 Å². The van der Waals surface area contributed by atoms with Crippen LogP contribution in [0.3, 0.4) is 0 Å². The summed E-state index contributed by atoms with van der Waals surface area (Å²) in [6.07, 6.45) is 1.78. The maximum Gasteiger partial charge on any atom is 0.266 e. The number of carbonyl (C=O) groups excluding carboxylic acids is 1. The summed E-state index contributed by atoms with van der Waals surface area (Å²) in [5, 5.41) is 3.15. The first kappa shape index (κ1) is 21.1. The quantitative estimate of drug-likeness (QED) is 0.342. The van der Waals surface area contributed by atoms with Crippen LogP contribution in [0.15, 0.2) is 88.6 Å². The zero-order valence-electron chi connectivity index (χ0n) is 17.2. The molecule has 1 aromatic heterocycles. The van der Waals surface area contributed by atoms with Crippen molar-refractivity contribution in [3.05, 3.63) is 106 Å². The SMILES string of the molecule is O=C1NC(=S)S/C1=C/c1ccc(OCc2nc3ccccc3c(=O)n2-c2ccccc2)cc1. The molecule has 1 saturated heterocycles. The maximum atomic E-state index is 13.2. The van der Waals surface area contributed by atoms with Crippen LogP contribution in [0.5, 0.6) is 5.75 Å². The normalized spacial score (nSPS) is 14.6. The van der Waals surface area contributed by atoms with E-state index in [0.29, 0.717) is 31.7 Å². The van der Waals surface area contributed by atoms with E-state index in [0.717, 1.165) is 11.3 Å². The second-order valence-electron chi connectivity index (χ2n) is 7.23. The standard InChI is InChI=1S/C25H17N3O3S2/c29-23-21(33-25(32)27-23)14-16-10-12-18(13-11-16)31-15-22-26-20-9-5-4-8-19(20)24(30)28(22)17-6-2-1-3-7-17/h1-14H,15H2,(H,27,29,32)/b21-14+. The summed E-state index contributed by atoms with van der Waals surface area (Å²) in [6, 6.07) is 24.0. The van der Waals surface area contributed by atoms with Gasteiger partial charge in [0.2, 0.25) is 0 Å². The Balaban J connectivity index is 1.43. The molecular formula is C25H17N3O3S2. The van der Waals surface area contributed by atoms with Crippen LogP contribution in [0.1, 0.15) is 11.4 Å². The van der Waals surface area contributed by atoms with Crippen molar-refractivity contribution in [3.8, 4) is 11.4 Å². The molecule has 6 nitrogen and oxygen atoms in total. The number of rotatable bonds is 5. The Bertz CT molecular complexity index is 1460. The van der Waals surface area contributed by atoms with Crippen molar-refractivity contribution < 1.29 is 9.53 Å². The van der Waals surface area contributed by atoms with Crippen LogP contribution in [0.4, 0.5) is 0 Å². The number of aromatic nitrogens is 2. The number of fused-ring (bicyclic) bond motifs is 1. The smallest absolute Gasteiger partial charge is 0.266 e. The van der Waals surface area contributed by atoms with Gasteiger partial charge in [0.05, 0.1) is 21.5 Å². The average Bonchev–Trinajstić information content (AvgIpc) is 3.15. The molecule has 1 amide bonds. The number of carbonyl (C=O) groups is 1. The molecule has 0 atom stereocenters. The molecule has 8 heteroatoms. The summed E-state index contributed by atoms with van der Waals surface area (Å²) < 4.78 is 8.01. The Morgan fingerprint density at radius 3 is 2.42 bits per heavy atom. The van der Waals surface area contributed by atoms with Gasteiger partial charge in [-0.25, -0.2) is 4.98 Å². The molecule has 2 heterocycles. The van der Waals surface area contributed by atoms with E-state index in [9.17, 15) is 9.59 Å². The molecule has 0 aliphatic carbocycles. The third-order valence-electron chi connectivity index (χ3n) is 5.05. The molecule has 4 aromatic rings. The van der Waals surface area contributed by atoms with Crippen LogP contribution in [-0.2, 0) is 11.4 Å². The van der Waals surface area contributed by atoms with Gasteiger partial charge in [0, 0.05) is 0 Å². The van der Waals surface area contributed by atoms with Gasteiger partial charge in [-0.2, -0.15) is 0 Å². The fourth-order valence-corrected chi connectivity index (χ4v) is 4.54. The number of benzene rings is 3. The van der Waals surface area contributed by atoms with E-state index < -0.39 is 0 Å². The maximum absolute atomic E-state index is 13.2. The van der Waals surface area contributed by atoms with E-state index in [2.05, 4.69) is 5.32 Å². The molecule has 0 radical (unpaired) electrons. The molecule has 0 unspecified atom stereocenters. The molecule has 0 bridgehead atoms. The van der Waals surface area contributed by atoms with Gasteiger partial charge in [-0.15, -0.1) is 0 Å². The van der Waals surface area contributed by atoms with E-state index in [1.807, 2.05) is 72.8 Å². The van der Waals surface area contributed by atoms with Gasteiger partial charge in [-0.05, 0) is 48.0 Å². The van der Waals surface area contributed by atoms with Crippen molar-refractivity contribution in [1.29, 1.82) is 0 Å². The summed E-state index contributed by atoms with van der Waals surface area (Å²) in [6.45, 7) is 0.113. The first-order chi connectivity index (χ1) is 16.1. The highest BCUT2D eigenvalue weighted by molar-refractivity contribution is 8.26. The van der Waals surface area contributed by atoms with Crippen LogP contribution in [0.25, 0.3) is 22.7 Å². The number of ether oxygens (including phenoxy) is 1. The highest BCUT2D eigenvalue weighted by atomic mass is 32.2. The van der Waals surface area contributed by atoms with E-state index in [-0.39, 0.29) is 18.1 Å². The Morgan fingerprint density at radius 1 is 0.970 bits per heavy atom. The second-order valence-corrected chi connectivity index (χ2v) is 8.95. The molecule has 5 rings (SSSR count). The molecule has 0 spiro atoms. The summed E-state index contributed by atoms with van der Waals surface area (Å²) in [4.78, 5) is 30.3. The molecule has 0 saturated carbocycles. The van der Waals surface area contributed by atoms with Gasteiger partial charge in [-0.3, -0.25) is 14.2 Å². The highest BCUT2D eigenvalue weighted by Gasteiger charge is 2.21. The zero-order chi connectivity index (χ0) is 22.8. The van der Waals surface area contributed by atoms with Crippen LogP contribution < -0.4 is 15.6 Å². The lowest BCUT2D eigenvalue weighted by atomic mass is 10.2. The number of nitrogens with zero attached hydrogens (tertiary/aromatic N) is 2. The van der Waals surface area contributed by atoms with Gasteiger partial charge >= 0.3 is 0 Å². The minimum Gasteiger partial charge on any atom is -0.486 e. The fraction of sp³-hybridized carbons (Fsp3) is 0.0400. The molecular weight excluding hydrogens is 454 g/mol. The molecule has 33 heavy (non-hydrogen) atoms. The average molecular weight is 472 g/mol. The van der Waals surface area contributed by atoms with Crippen molar-refractivity contribution in [2.75, 3.05) is 0 Å². The highest BCUT2D eigenvalue weighted by Crippen LogP contribution is 2.26. The van der Waals surface area contributed by atoms with Gasteiger partial charge in [0.15, 0.2) is 5.82 Å². The van der Waals surface area contributed by atoms with Crippen LogP contribution in [0.2, 0.25) is 0 Å². The summed E-state index contributed by atoms with van der Waals surface area (Å²) in [5.41, 5.74) is 2.07. The summed E-state index contributed by atoms with van der Waals surface area (Å²) in [5.74, 6) is 0.938. The Kier molecular flexibility index (Phi) is 5.77. The van der Waals surface area contributed by atoms with Gasteiger partial charge in [0.1, 0.15) is 16.7 Å². The topological polar surface area (TPSA) is 73.2 Å². The monoisotopic (exact) mass is 471 g/mol. The largest absolute Gasteiger partial charge is 0.486 e. The van der Waals surface area contributed by atoms with E-state index in [1.54, 1.807) is 16.7 Å². The van der Waals surface area contributed by atoms with Crippen molar-refractivity contribution in [1.82, 2.24) is 14.9 Å². The zero-order valence-corrected chi connectivity index (χ0v) is 18.9. The second kappa shape index (κ2) is 9.01. The minimum absolute atomic E-state index is 0.113. The molecule has 1 fully saturated rings. The number of nitrogens with one attached hydrogen (secondary N) is 1. The lowest BCUT2D eigenvalue weighted by Crippen LogP contribution is -2.24. The number of hydrogen-bond donors (Lipinski definition) is 1. The lowest BCUT2D eigenvalue weighted by Gasteiger charge is -2.14. The molecule has 1 N–H and O–H groups in total. The Morgan fingerprint density at radius 2 is 1.70 bits per heavy atom. The Hall–Kier alpha value is -3.75. The predicted octanol–water partition coefficient (Wildman–Crippen LogP) is 4.45. The first-order valence-corrected chi connectivity index (χ1v) is 11.3. The van der Waals surface area contributed by atoms with Crippen LogP contribution in [-0.4, -0.2) is 19.8 Å². The van der Waals surface area contributed by atoms with Gasteiger partial charge in [-0.1, -0.05) is 66.4 Å². The van der Waals surface area contributed by atoms with Gasteiger partial charge < -0.3 is 10.1 Å². The molecule has 1 aliphatic rings. The number of thiocarbonyl (C=S) groups is 1. The third-order valence-corrected chi connectivity index (χ3v) is 6.21. The lowest BCUT2D eigenvalue weighted by molar-refractivity contribution is -0.115. The molecule has 162 valence electrons. The van der Waals surface area contributed by atoms with Crippen molar-refractivity contribution in [2.24, 2.45) is 0 Å². The minimum atomic E-state index is -0.188. The fourth-order valence-electron chi connectivity index (χ4n) is 3.50. The van der Waals surface area contributed by atoms with Crippen molar-refractivity contribution in [3.63, 3.8) is 0 Å². The van der Waals surface area contributed by atoms with Gasteiger partial charge in [0.25, 0.3) is 11.5 Å². The third kappa shape index (κ3) is 4.44. The molecule has 3 aromatic carbocycles. The number of hydrogen-bond acceptors (Lipinski definition) is 6. The molecule has 1 aliphatic heterocycles. The number of amides is 1. The van der Waals surface area contributed by atoms with Crippen LogP contribution >= 0.6 is 24.0 Å². The van der Waals surface area contributed by atoms with Crippen molar-refractivity contribution in [2.45, 2.75) is 6.61 Å². The van der Waals surface area contributed by atoms with Crippen molar-refractivity contribution >= 4 is 51.2 Å². The number of thioether (sulfide) groups is 1.